The first-order valence-electron chi connectivity index (χ1n) is 7.01. The summed E-state index contributed by atoms with van der Waals surface area (Å²) in [4.78, 5) is 34.8. The Morgan fingerprint density at radius 1 is 1.10 bits per heavy atom. The fourth-order valence-corrected chi connectivity index (χ4v) is 4.16. The molecule has 0 heterocycles. The second-order valence-electron chi connectivity index (χ2n) is 6.13. The fraction of sp³-hybridized carbons (Fsp3) is 0.643. The molecule has 6 heteroatoms. The van der Waals surface area contributed by atoms with Crippen molar-refractivity contribution in [1.82, 2.24) is 5.32 Å². The summed E-state index contributed by atoms with van der Waals surface area (Å²) in [7, 11) is 0. The number of hydrogen-bond acceptors (Lipinski definition) is 3. The summed E-state index contributed by atoms with van der Waals surface area (Å²) in [6, 6.07) is 0. The Balaban J connectivity index is 1.74. The Labute approximate surface area is 116 Å². The van der Waals surface area contributed by atoms with E-state index in [4.69, 9.17) is 11.5 Å². The van der Waals surface area contributed by atoms with Crippen LogP contribution in [0.15, 0.2) is 12.2 Å². The van der Waals surface area contributed by atoms with Crippen LogP contribution in [-0.4, -0.2) is 24.3 Å². The summed E-state index contributed by atoms with van der Waals surface area (Å²) in [6.07, 6.45) is 6.35. The van der Waals surface area contributed by atoms with Gasteiger partial charge in [-0.3, -0.25) is 14.4 Å². The van der Waals surface area contributed by atoms with Crippen molar-refractivity contribution in [2.24, 2.45) is 40.6 Å². The Bertz CT molecular complexity index is 510. The SMILES string of the molecule is NC(=O)CCNC(=O)C1C(C(N)=O)[C@@H]2C=C[C@H]1C21CC1. The molecule has 5 N–H and O–H groups in total. The third-order valence-electron chi connectivity index (χ3n) is 5.14. The third kappa shape index (κ3) is 1.74. The van der Waals surface area contributed by atoms with E-state index in [-0.39, 0.29) is 36.1 Å². The van der Waals surface area contributed by atoms with E-state index in [1.165, 1.54) is 0 Å². The average molecular weight is 277 g/mol. The number of primary amides is 2. The minimum atomic E-state index is -0.455. The van der Waals surface area contributed by atoms with Crippen molar-refractivity contribution >= 4 is 17.7 Å². The van der Waals surface area contributed by atoms with E-state index < -0.39 is 23.7 Å². The van der Waals surface area contributed by atoms with E-state index in [9.17, 15) is 14.4 Å². The lowest BCUT2D eigenvalue weighted by molar-refractivity contribution is -0.133. The molecule has 20 heavy (non-hydrogen) atoms. The molecule has 3 rings (SSSR count). The largest absolute Gasteiger partial charge is 0.370 e. The molecule has 6 nitrogen and oxygen atoms in total. The molecule has 0 aromatic heterocycles. The van der Waals surface area contributed by atoms with Crippen molar-refractivity contribution in [3.8, 4) is 0 Å². The first-order valence-corrected chi connectivity index (χ1v) is 7.01. The molecule has 3 aliphatic rings. The van der Waals surface area contributed by atoms with Crippen LogP contribution in [0.1, 0.15) is 19.3 Å². The Kier molecular flexibility index (Phi) is 2.84. The van der Waals surface area contributed by atoms with Gasteiger partial charge in [-0.15, -0.1) is 0 Å². The van der Waals surface area contributed by atoms with Crippen LogP contribution in [0.3, 0.4) is 0 Å². The second kappa shape index (κ2) is 4.33. The van der Waals surface area contributed by atoms with Gasteiger partial charge >= 0.3 is 0 Å². The van der Waals surface area contributed by atoms with E-state index in [2.05, 4.69) is 17.5 Å². The van der Waals surface area contributed by atoms with E-state index in [1.54, 1.807) is 0 Å². The van der Waals surface area contributed by atoms with Crippen LogP contribution in [0.4, 0.5) is 0 Å². The maximum absolute atomic E-state index is 12.3. The summed E-state index contributed by atoms with van der Waals surface area (Å²) in [5.41, 5.74) is 10.7. The number of rotatable bonds is 5. The van der Waals surface area contributed by atoms with Gasteiger partial charge in [0.15, 0.2) is 0 Å². The predicted octanol–water partition coefficient (Wildman–Crippen LogP) is -0.708. The van der Waals surface area contributed by atoms with Gasteiger partial charge in [0.2, 0.25) is 17.7 Å². The van der Waals surface area contributed by atoms with Crippen LogP contribution >= 0.6 is 0 Å². The summed E-state index contributed by atoms with van der Waals surface area (Å²) >= 11 is 0. The molecular formula is C14H19N3O3. The highest BCUT2D eigenvalue weighted by atomic mass is 16.2. The molecule has 2 unspecified atom stereocenters. The highest BCUT2D eigenvalue weighted by Gasteiger charge is 2.69. The second-order valence-corrected chi connectivity index (χ2v) is 6.13. The minimum absolute atomic E-state index is 0.103. The van der Waals surface area contributed by atoms with Crippen LogP contribution in [-0.2, 0) is 14.4 Å². The molecular weight excluding hydrogens is 258 g/mol. The van der Waals surface area contributed by atoms with Crippen molar-refractivity contribution < 1.29 is 14.4 Å². The Hall–Kier alpha value is -1.85. The minimum Gasteiger partial charge on any atom is -0.370 e. The molecule has 2 fully saturated rings. The number of carbonyl (C=O) groups is 3. The Morgan fingerprint density at radius 2 is 1.70 bits per heavy atom. The van der Waals surface area contributed by atoms with Crippen LogP contribution in [0.25, 0.3) is 0 Å². The molecule has 0 aliphatic heterocycles. The van der Waals surface area contributed by atoms with Gasteiger partial charge in [0.05, 0.1) is 11.8 Å². The zero-order valence-corrected chi connectivity index (χ0v) is 11.2. The van der Waals surface area contributed by atoms with E-state index >= 15 is 0 Å². The average Bonchev–Trinajstić information content (AvgIpc) is 3.03. The van der Waals surface area contributed by atoms with Gasteiger partial charge in [-0.1, -0.05) is 12.2 Å². The van der Waals surface area contributed by atoms with Crippen molar-refractivity contribution in [3.05, 3.63) is 12.2 Å². The molecule has 0 aromatic rings. The normalized spacial score (nSPS) is 35.2. The molecule has 2 bridgehead atoms. The molecule has 0 aromatic carbocycles. The van der Waals surface area contributed by atoms with Crippen molar-refractivity contribution in [2.75, 3.05) is 6.54 Å². The standard InChI is InChI=1S/C14H19N3O3/c15-9(18)3-6-17-13(20)11-8-2-1-7(10(11)12(16)19)14(8)4-5-14/h1-2,7-8,10-11H,3-6H2,(H2,15,18)(H2,16,19)(H,17,20)/t7-,8+,10?,11?/m0/s1. The van der Waals surface area contributed by atoms with Crippen LogP contribution in [0.5, 0.6) is 0 Å². The number of allylic oxidation sites excluding steroid dienone is 2. The lowest BCUT2D eigenvalue weighted by Crippen LogP contribution is -2.43. The van der Waals surface area contributed by atoms with Crippen LogP contribution < -0.4 is 16.8 Å². The number of nitrogens with one attached hydrogen (secondary N) is 1. The summed E-state index contributed by atoms with van der Waals surface area (Å²) < 4.78 is 0. The molecule has 2 saturated carbocycles. The first-order chi connectivity index (χ1) is 9.47. The van der Waals surface area contributed by atoms with E-state index in [0.717, 1.165) is 12.8 Å². The molecule has 0 saturated heterocycles. The van der Waals surface area contributed by atoms with Gasteiger partial charge in [-0.05, 0) is 30.1 Å². The third-order valence-corrected chi connectivity index (χ3v) is 5.14. The summed E-state index contributed by atoms with van der Waals surface area (Å²) in [6.45, 7) is 0.213. The first kappa shape index (κ1) is 13.1. The van der Waals surface area contributed by atoms with Crippen molar-refractivity contribution in [1.29, 1.82) is 0 Å². The highest BCUT2D eigenvalue weighted by molar-refractivity contribution is 5.89. The topological polar surface area (TPSA) is 115 Å². The van der Waals surface area contributed by atoms with Crippen LogP contribution in [0, 0.1) is 29.1 Å². The lowest BCUT2D eigenvalue weighted by atomic mass is 9.82. The van der Waals surface area contributed by atoms with E-state index in [0.29, 0.717) is 0 Å². The summed E-state index contributed by atoms with van der Waals surface area (Å²) in [5.74, 6) is -1.63. The van der Waals surface area contributed by atoms with Crippen LogP contribution in [0.2, 0.25) is 0 Å². The fourth-order valence-electron chi connectivity index (χ4n) is 4.16. The monoisotopic (exact) mass is 277 g/mol. The number of nitrogens with two attached hydrogens (primary N) is 2. The lowest BCUT2D eigenvalue weighted by Gasteiger charge is -2.24. The molecule has 0 radical (unpaired) electrons. The van der Waals surface area contributed by atoms with Gasteiger partial charge in [0.25, 0.3) is 0 Å². The highest BCUT2D eigenvalue weighted by Crippen LogP contribution is 2.71. The zero-order chi connectivity index (χ0) is 14.5. The van der Waals surface area contributed by atoms with Gasteiger partial charge in [0.1, 0.15) is 0 Å². The van der Waals surface area contributed by atoms with Gasteiger partial charge in [0, 0.05) is 13.0 Å². The van der Waals surface area contributed by atoms with E-state index in [1.807, 2.05) is 0 Å². The maximum Gasteiger partial charge on any atom is 0.224 e. The smallest absolute Gasteiger partial charge is 0.224 e. The quantitative estimate of drug-likeness (QED) is 0.576. The zero-order valence-electron chi connectivity index (χ0n) is 11.2. The number of amides is 3. The number of hydrogen-bond donors (Lipinski definition) is 3. The predicted molar refractivity (Wildman–Crippen MR) is 70.8 cm³/mol. The van der Waals surface area contributed by atoms with Gasteiger partial charge < -0.3 is 16.8 Å². The molecule has 108 valence electrons. The number of carbonyl (C=O) groups excluding carboxylic acids is 3. The molecule has 3 aliphatic carbocycles. The maximum atomic E-state index is 12.3. The van der Waals surface area contributed by atoms with Crippen molar-refractivity contribution in [2.45, 2.75) is 19.3 Å². The van der Waals surface area contributed by atoms with Gasteiger partial charge in [-0.2, -0.15) is 0 Å². The molecule has 4 atom stereocenters. The summed E-state index contributed by atoms with van der Waals surface area (Å²) in [5, 5.41) is 2.71. The van der Waals surface area contributed by atoms with Gasteiger partial charge in [-0.25, -0.2) is 0 Å². The molecule has 1 spiro atoms. The van der Waals surface area contributed by atoms with Crippen molar-refractivity contribution in [3.63, 3.8) is 0 Å². The molecule has 3 amide bonds. The Morgan fingerprint density at radius 3 is 2.20 bits per heavy atom.